The van der Waals surface area contributed by atoms with Crippen molar-refractivity contribution in [1.82, 2.24) is 0 Å². The third-order valence-corrected chi connectivity index (χ3v) is 2.41. The zero-order valence-electron chi connectivity index (χ0n) is 11.0. The van der Waals surface area contributed by atoms with Crippen molar-refractivity contribution < 1.29 is 22.6 Å². The van der Waals surface area contributed by atoms with Gasteiger partial charge >= 0.3 is 6.18 Å². The standard InChI is InChI=1S/C13H18F3NO2/c1-9-3-4-11(10(2)17)12(7-9)19-6-5-18-8-13(14,15)16/h3-4,7,10H,5-6,8,17H2,1-2H3. The van der Waals surface area contributed by atoms with Crippen molar-refractivity contribution in [2.45, 2.75) is 26.1 Å². The van der Waals surface area contributed by atoms with Gasteiger partial charge in [-0.1, -0.05) is 12.1 Å². The van der Waals surface area contributed by atoms with E-state index in [9.17, 15) is 13.2 Å². The normalized spacial score (nSPS) is 13.4. The summed E-state index contributed by atoms with van der Waals surface area (Å²) < 4.78 is 45.4. The number of benzene rings is 1. The Morgan fingerprint density at radius 2 is 1.95 bits per heavy atom. The van der Waals surface area contributed by atoms with Crippen molar-refractivity contribution in [3.05, 3.63) is 29.3 Å². The molecule has 0 aromatic heterocycles. The molecule has 0 saturated heterocycles. The number of aryl methyl sites for hydroxylation is 1. The van der Waals surface area contributed by atoms with Crippen LogP contribution in [0.4, 0.5) is 13.2 Å². The first-order valence-electron chi connectivity index (χ1n) is 5.93. The second-order valence-corrected chi connectivity index (χ2v) is 4.35. The van der Waals surface area contributed by atoms with Gasteiger partial charge in [-0.05, 0) is 25.5 Å². The van der Waals surface area contributed by atoms with Crippen LogP contribution in [0.3, 0.4) is 0 Å². The lowest BCUT2D eigenvalue weighted by Crippen LogP contribution is -2.19. The lowest BCUT2D eigenvalue weighted by atomic mass is 10.1. The summed E-state index contributed by atoms with van der Waals surface area (Å²) in [6.45, 7) is 2.39. The third kappa shape index (κ3) is 5.94. The van der Waals surface area contributed by atoms with Crippen molar-refractivity contribution in [2.75, 3.05) is 19.8 Å². The molecule has 0 spiro atoms. The lowest BCUT2D eigenvalue weighted by molar-refractivity contribution is -0.175. The quantitative estimate of drug-likeness (QED) is 0.813. The van der Waals surface area contributed by atoms with Crippen molar-refractivity contribution in [3.8, 4) is 5.75 Å². The molecule has 0 saturated carbocycles. The molecule has 0 radical (unpaired) electrons. The average Bonchev–Trinajstić information content (AvgIpc) is 2.26. The van der Waals surface area contributed by atoms with E-state index < -0.39 is 12.8 Å². The summed E-state index contributed by atoms with van der Waals surface area (Å²) in [6, 6.07) is 5.37. The van der Waals surface area contributed by atoms with Crippen LogP contribution in [0.15, 0.2) is 18.2 Å². The molecule has 0 fully saturated rings. The minimum absolute atomic E-state index is 0.0548. The first kappa shape index (κ1) is 15.8. The van der Waals surface area contributed by atoms with Crippen molar-refractivity contribution in [1.29, 1.82) is 0 Å². The van der Waals surface area contributed by atoms with Gasteiger partial charge in [0.05, 0.1) is 6.61 Å². The van der Waals surface area contributed by atoms with Crippen LogP contribution in [0.2, 0.25) is 0 Å². The summed E-state index contributed by atoms with van der Waals surface area (Å²) in [4.78, 5) is 0. The first-order chi connectivity index (χ1) is 8.79. The van der Waals surface area contributed by atoms with Gasteiger partial charge in [0.1, 0.15) is 19.0 Å². The largest absolute Gasteiger partial charge is 0.491 e. The molecule has 0 amide bonds. The average molecular weight is 277 g/mol. The highest BCUT2D eigenvalue weighted by Crippen LogP contribution is 2.25. The predicted molar refractivity (Wildman–Crippen MR) is 66.2 cm³/mol. The minimum Gasteiger partial charge on any atom is -0.491 e. The van der Waals surface area contributed by atoms with E-state index in [-0.39, 0.29) is 19.3 Å². The molecule has 1 atom stereocenters. The number of alkyl halides is 3. The summed E-state index contributed by atoms with van der Waals surface area (Å²) in [5, 5.41) is 0. The summed E-state index contributed by atoms with van der Waals surface area (Å²) in [5.74, 6) is 0.589. The van der Waals surface area contributed by atoms with Gasteiger partial charge in [-0.2, -0.15) is 13.2 Å². The van der Waals surface area contributed by atoms with Gasteiger partial charge in [0, 0.05) is 11.6 Å². The van der Waals surface area contributed by atoms with Crippen molar-refractivity contribution in [2.24, 2.45) is 5.73 Å². The van der Waals surface area contributed by atoms with E-state index in [0.29, 0.717) is 5.75 Å². The van der Waals surface area contributed by atoms with Gasteiger partial charge in [-0.15, -0.1) is 0 Å². The zero-order valence-corrected chi connectivity index (χ0v) is 11.0. The van der Waals surface area contributed by atoms with Gasteiger partial charge in [0.15, 0.2) is 0 Å². The van der Waals surface area contributed by atoms with Crippen LogP contribution in [-0.4, -0.2) is 26.0 Å². The highest BCUT2D eigenvalue weighted by molar-refractivity contribution is 5.38. The minimum atomic E-state index is -4.31. The highest BCUT2D eigenvalue weighted by Gasteiger charge is 2.27. The Hall–Kier alpha value is -1.27. The number of hydrogen-bond acceptors (Lipinski definition) is 3. The Balaban J connectivity index is 2.46. The maximum absolute atomic E-state index is 11.8. The molecule has 1 unspecified atom stereocenters. The Labute approximate surface area is 110 Å². The molecule has 6 heteroatoms. The number of ether oxygens (including phenoxy) is 2. The summed E-state index contributed by atoms with van der Waals surface area (Å²) in [7, 11) is 0. The fourth-order valence-corrected chi connectivity index (χ4v) is 1.54. The fraction of sp³-hybridized carbons (Fsp3) is 0.538. The molecule has 0 heterocycles. The first-order valence-corrected chi connectivity index (χ1v) is 5.93. The predicted octanol–water partition coefficient (Wildman–Crippen LogP) is 2.97. The molecule has 108 valence electrons. The van der Waals surface area contributed by atoms with E-state index >= 15 is 0 Å². The molecule has 0 bridgehead atoms. The van der Waals surface area contributed by atoms with Crippen LogP contribution in [0, 0.1) is 6.92 Å². The van der Waals surface area contributed by atoms with Crippen molar-refractivity contribution in [3.63, 3.8) is 0 Å². The summed E-state index contributed by atoms with van der Waals surface area (Å²) in [5.41, 5.74) is 7.61. The topological polar surface area (TPSA) is 44.5 Å². The summed E-state index contributed by atoms with van der Waals surface area (Å²) in [6.07, 6.45) is -4.31. The van der Waals surface area contributed by atoms with Gasteiger partial charge in [0.25, 0.3) is 0 Å². The summed E-state index contributed by atoms with van der Waals surface area (Å²) >= 11 is 0. The lowest BCUT2D eigenvalue weighted by Gasteiger charge is -2.15. The number of halogens is 3. The Kier molecular flexibility index (Phi) is 5.62. The van der Waals surface area contributed by atoms with Crippen LogP contribution in [0.25, 0.3) is 0 Å². The van der Waals surface area contributed by atoms with E-state index in [4.69, 9.17) is 10.5 Å². The van der Waals surface area contributed by atoms with E-state index in [2.05, 4.69) is 4.74 Å². The Morgan fingerprint density at radius 3 is 2.53 bits per heavy atom. The zero-order chi connectivity index (χ0) is 14.5. The van der Waals surface area contributed by atoms with E-state index in [1.807, 2.05) is 32.0 Å². The molecule has 2 N–H and O–H groups in total. The third-order valence-electron chi connectivity index (χ3n) is 2.41. The number of nitrogens with two attached hydrogens (primary N) is 1. The molecular formula is C13H18F3NO2. The fourth-order valence-electron chi connectivity index (χ4n) is 1.54. The van der Waals surface area contributed by atoms with Gasteiger partial charge < -0.3 is 15.2 Å². The van der Waals surface area contributed by atoms with E-state index in [1.165, 1.54) is 0 Å². The number of hydrogen-bond donors (Lipinski definition) is 1. The van der Waals surface area contributed by atoms with Crippen molar-refractivity contribution >= 4 is 0 Å². The molecule has 3 nitrogen and oxygen atoms in total. The van der Waals surface area contributed by atoms with Crippen LogP contribution in [0.1, 0.15) is 24.1 Å². The molecule has 19 heavy (non-hydrogen) atoms. The monoisotopic (exact) mass is 277 g/mol. The molecule has 0 aliphatic heterocycles. The maximum Gasteiger partial charge on any atom is 0.411 e. The van der Waals surface area contributed by atoms with Crippen LogP contribution >= 0.6 is 0 Å². The SMILES string of the molecule is Cc1ccc(C(C)N)c(OCCOCC(F)(F)F)c1. The second kappa shape index (κ2) is 6.77. The molecular weight excluding hydrogens is 259 g/mol. The smallest absolute Gasteiger partial charge is 0.411 e. The van der Waals surface area contributed by atoms with E-state index in [1.54, 1.807) is 0 Å². The molecule has 1 aromatic rings. The van der Waals surface area contributed by atoms with Crippen LogP contribution in [0.5, 0.6) is 5.75 Å². The Morgan fingerprint density at radius 1 is 1.26 bits per heavy atom. The van der Waals surface area contributed by atoms with E-state index in [0.717, 1.165) is 11.1 Å². The van der Waals surface area contributed by atoms with Gasteiger partial charge in [-0.25, -0.2) is 0 Å². The Bertz CT molecular complexity index is 405. The molecule has 1 aromatic carbocycles. The molecule has 0 aliphatic rings. The number of rotatable bonds is 6. The van der Waals surface area contributed by atoms with Crippen LogP contribution < -0.4 is 10.5 Å². The molecule has 0 aliphatic carbocycles. The van der Waals surface area contributed by atoms with Crippen LogP contribution in [-0.2, 0) is 4.74 Å². The maximum atomic E-state index is 11.8. The van der Waals surface area contributed by atoms with Gasteiger partial charge in [0.2, 0.25) is 0 Å². The second-order valence-electron chi connectivity index (χ2n) is 4.35. The molecule has 1 rings (SSSR count). The highest BCUT2D eigenvalue weighted by atomic mass is 19.4. The van der Waals surface area contributed by atoms with Gasteiger partial charge in [-0.3, -0.25) is 0 Å².